The standard InChI is InChI=1S/C11H23NO3/c1-6-10(11(13)15-7-2)12(4)9(3)8-14-5/h9-10H,6-8H2,1-5H3. The molecule has 0 aromatic heterocycles. The highest BCUT2D eigenvalue weighted by Crippen LogP contribution is 2.08. The van der Waals surface area contributed by atoms with Crippen LogP contribution in [-0.2, 0) is 14.3 Å². The molecule has 0 saturated heterocycles. The zero-order valence-corrected chi connectivity index (χ0v) is 10.4. The van der Waals surface area contributed by atoms with E-state index in [1.54, 1.807) is 7.11 Å². The summed E-state index contributed by atoms with van der Waals surface area (Å²) in [6, 6.07) is 0.0412. The molecular formula is C11H23NO3. The van der Waals surface area contributed by atoms with Crippen molar-refractivity contribution in [2.24, 2.45) is 0 Å². The van der Waals surface area contributed by atoms with Crippen molar-refractivity contribution in [3.05, 3.63) is 0 Å². The predicted octanol–water partition coefficient (Wildman–Crippen LogP) is 1.29. The van der Waals surface area contributed by atoms with Gasteiger partial charge in [-0.05, 0) is 27.3 Å². The van der Waals surface area contributed by atoms with Crippen LogP contribution < -0.4 is 0 Å². The van der Waals surface area contributed by atoms with E-state index in [1.165, 1.54) is 0 Å². The average molecular weight is 217 g/mol. The minimum atomic E-state index is -0.171. The van der Waals surface area contributed by atoms with Crippen molar-refractivity contribution in [1.82, 2.24) is 4.90 Å². The zero-order chi connectivity index (χ0) is 11.8. The van der Waals surface area contributed by atoms with E-state index in [4.69, 9.17) is 9.47 Å². The number of likely N-dealkylation sites (N-methyl/N-ethyl adjacent to an activating group) is 1. The van der Waals surface area contributed by atoms with Crippen molar-refractivity contribution >= 4 is 5.97 Å². The van der Waals surface area contributed by atoms with E-state index in [2.05, 4.69) is 0 Å². The lowest BCUT2D eigenvalue weighted by Crippen LogP contribution is -2.45. The maximum atomic E-state index is 11.6. The fourth-order valence-corrected chi connectivity index (χ4v) is 1.53. The number of hydrogen-bond donors (Lipinski definition) is 0. The molecule has 0 radical (unpaired) electrons. The first-order chi connectivity index (χ1) is 7.08. The molecule has 0 rings (SSSR count). The molecule has 0 aliphatic heterocycles. The van der Waals surface area contributed by atoms with Gasteiger partial charge in [-0.2, -0.15) is 0 Å². The molecule has 2 unspecified atom stereocenters. The van der Waals surface area contributed by atoms with Gasteiger partial charge in [0.1, 0.15) is 6.04 Å². The van der Waals surface area contributed by atoms with Crippen molar-refractivity contribution in [2.45, 2.75) is 39.3 Å². The maximum Gasteiger partial charge on any atom is 0.323 e. The van der Waals surface area contributed by atoms with Crippen LogP contribution in [0.3, 0.4) is 0 Å². The van der Waals surface area contributed by atoms with Crippen LogP contribution in [0.2, 0.25) is 0 Å². The molecule has 15 heavy (non-hydrogen) atoms. The van der Waals surface area contributed by atoms with E-state index < -0.39 is 0 Å². The number of methoxy groups -OCH3 is 1. The smallest absolute Gasteiger partial charge is 0.323 e. The molecule has 0 aliphatic rings. The van der Waals surface area contributed by atoms with E-state index in [0.717, 1.165) is 6.42 Å². The van der Waals surface area contributed by atoms with Gasteiger partial charge in [0.05, 0.1) is 13.2 Å². The third-order valence-corrected chi connectivity index (χ3v) is 2.54. The van der Waals surface area contributed by atoms with Crippen LogP contribution in [0.25, 0.3) is 0 Å². The summed E-state index contributed by atoms with van der Waals surface area (Å²) in [6.45, 7) is 6.89. The summed E-state index contributed by atoms with van der Waals surface area (Å²) in [4.78, 5) is 13.6. The molecule has 90 valence electrons. The van der Waals surface area contributed by atoms with E-state index in [1.807, 2.05) is 32.7 Å². The van der Waals surface area contributed by atoms with Gasteiger partial charge in [0, 0.05) is 13.2 Å². The summed E-state index contributed by atoms with van der Waals surface area (Å²) < 4.78 is 10.1. The molecule has 0 spiro atoms. The summed E-state index contributed by atoms with van der Waals surface area (Å²) in [6.07, 6.45) is 0.753. The molecule has 2 atom stereocenters. The second-order valence-electron chi connectivity index (χ2n) is 3.65. The molecular weight excluding hydrogens is 194 g/mol. The molecule has 0 N–H and O–H groups in total. The van der Waals surface area contributed by atoms with Crippen LogP contribution in [0.4, 0.5) is 0 Å². The fourth-order valence-electron chi connectivity index (χ4n) is 1.53. The minimum absolute atomic E-state index is 0.148. The molecule has 4 heteroatoms. The summed E-state index contributed by atoms with van der Waals surface area (Å²) in [5.41, 5.74) is 0. The number of ether oxygens (including phenoxy) is 2. The number of hydrogen-bond acceptors (Lipinski definition) is 4. The summed E-state index contributed by atoms with van der Waals surface area (Å²) in [7, 11) is 3.59. The van der Waals surface area contributed by atoms with Crippen LogP contribution in [0.1, 0.15) is 27.2 Å². The quantitative estimate of drug-likeness (QED) is 0.602. The molecule has 0 aromatic rings. The van der Waals surface area contributed by atoms with E-state index in [0.29, 0.717) is 13.2 Å². The number of carbonyl (C=O) groups is 1. The van der Waals surface area contributed by atoms with Gasteiger partial charge in [-0.3, -0.25) is 9.69 Å². The Morgan fingerprint density at radius 1 is 1.40 bits per heavy atom. The van der Waals surface area contributed by atoms with Crippen molar-refractivity contribution in [3.8, 4) is 0 Å². The lowest BCUT2D eigenvalue weighted by molar-refractivity contribution is -0.150. The van der Waals surface area contributed by atoms with Gasteiger partial charge in [-0.1, -0.05) is 6.92 Å². The van der Waals surface area contributed by atoms with Crippen LogP contribution in [0.5, 0.6) is 0 Å². The zero-order valence-electron chi connectivity index (χ0n) is 10.4. The third-order valence-electron chi connectivity index (χ3n) is 2.54. The first-order valence-electron chi connectivity index (χ1n) is 5.45. The third kappa shape index (κ3) is 4.62. The minimum Gasteiger partial charge on any atom is -0.465 e. The van der Waals surface area contributed by atoms with E-state index in [9.17, 15) is 4.79 Å². The summed E-state index contributed by atoms with van der Waals surface area (Å²) in [5, 5.41) is 0. The fraction of sp³-hybridized carbons (Fsp3) is 0.909. The van der Waals surface area contributed by atoms with E-state index in [-0.39, 0.29) is 18.1 Å². The number of rotatable bonds is 7. The Morgan fingerprint density at radius 2 is 2.00 bits per heavy atom. The Kier molecular flexibility index (Phi) is 7.34. The molecule has 0 heterocycles. The number of carbonyl (C=O) groups excluding carboxylic acids is 1. The predicted molar refractivity (Wildman–Crippen MR) is 59.8 cm³/mol. The number of nitrogens with zero attached hydrogens (tertiary/aromatic N) is 1. The van der Waals surface area contributed by atoms with Gasteiger partial charge in [0.25, 0.3) is 0 Å². The monoisotopic (exact) mass is 217 g/mol. The Bertz CT molecular complexity index is 185. The van der Waals surface area contributed by atoms with Crippen LogP contribution >= 0.6 is 0 Å². The van der Waals surface area contributed by atoms with Crippen molar-refractivity contribution in [3.63, 3.8) is 0 Å². The highest BCUT2D eigenvalue weighted by molar-refractivity contribution is 5.75. The topological polar surface area (TPSA) is 38.8 Å². The lowest BCUT2D eigenvalue weighted by Gasteiger charge is -2.30. The second-order valence-corrected chi connectivity index (χ2v) is 3.65. The first kappa shape index (κ1) is 14.4. The molecule has 0 amide bonds. The van der Waals surface area contributed by atoms with Crippen molar-refractivity contribution in [1.29, 1.82) is 0 Å². The molecule has 4 nitrogen and oxygen atoms in total. The summed E-state index contributed by atoms with van der Waals surface area (Å²) >= 11 is 0. The highest BCUT2D eigenvalue weighted by atomic mass is 16.5. The van der Waals surface area contributed by atoms with E-state index >= 15 is 0 Å². The molecule has 0 fully saturated rings. The Hall–Kier alpha value is -0.610. The highest BCUT2D eigenvalue weighted by Gasteiger charge is 2.25. The molecule has 0 bridgehead atoms. The molecule has 0 aromatic carbocycles. The molecule has 0 saturated carbocycles. The average Bonchev–Trinajstić information content (AvgIpc) is 2.19. The van der Waals surface area contributed by atoms with Gasteiger partial charge >= 0.3 is 5.97 Å². The largest absolute Gasteiger partial charge is 0.465 e. The lowest BCUT2D eigenvalue weighted by atomic mass is 10.1. The van der Waals surface area contributed by atoms with Gasteiger partial charge in [0.15, 0.2) is 0 Å². The van der Waals surface area contributed by atoms with Crippen LogP contribution in [0.15, 0.2) is 0 Å². The van der Waals surface area contributed by atoms with Crippen LogP contribution in [0, 0.1) is 0 Å². The summed E-state index contributed by atoms with van der Waals surface area (Å²) in [5.74, 6) is -0.148. The maximum absolute atomic E-state index is 11.6. The number of esters is 1. The normalized spacial score (nSPS) is 15.1. The second kappa shape index (κ2) is 7.65. The Balaban J connectivity index is 4.31. The van der Waals surface area contributed by atoms with Gasteiger partial charge in [-0.25, -0.2) is 0 Å². The van der Waals surface area contributed by atoms with Gasteiger partial charge in [0.2, 0.25) is 0 Å². The van der Waals surface area contributed by atoms with Crippen molar-refractivity contribution in [2.75, 3.05) is 27.4 Å². The van der Waals surface area contributed by atoms with Gasteiger partial charge in [-0.15, -0.1) is 0 Å². The first-order valence-corrected chi connectivity index (χ1v) is 5.45. The molecule has 0 aliphatic carbocycles. The Morgan fingerprint density at radius 3 is 2.40 bits per heavy atom. The Labute approximate surface area is 92.5 Å². The SMILES string of the molecule is CCOC(=O)C(CC)N(C)C(C)COC. The van der Waals surface area contributed by atoms with Crippen LogP contribution in [-0.4, -0.2) is 50.3 Å². The van der Waals surface area contributed by atoms with Gasteiger partial charge < -0.3 is 9.47 Å². The van der Waals surface area contributed by atoms with Crippen molar-refractivity contribution < 1.29 is 14.3 Å².